The lowest BCUT2D eigenvalue weighted by molar-refractivity contribution is -0.108. The molecule has 0 aliphatic heterocycles. The van der Waals surface area contributed by atoms with Crippen LogP contribution in [0.5, 0.6) is 17.2 Å². The molecule has 0 aliphatic rings. The summed E-state index contributed by atoms with van der Waals surface area (Å²) in [7, 11) is 0. The molecule has 5 heteroatoms. The molecular weight excluding hydrogens is 354 g/mol. The summed E-state index contributed by atoms with van der Waals surface area (Å²) in [6.07, 6.45) is 3.83. The van der Waals surface area contributed by atoms with Crippen LogP contribution in [0.2, 0.25) is 0 Å². The fraction of sp³-hybridized carbons (Fsp3) is 0.478. The standard InChI is InChI=1S/C23H31NO4/c1-16(11-12-25)15-20-8-10-21(18(3)23(20)26)27-13-5-6-14-28-22-9-7-17(2)24-19(22)4/h7-10,12,16,26H,5-6,11,13-15H2,1-4H3. The van der Waals surface area contributed by atoms with Crippen molar-refractivity contribution in [2.45, 2.75) is 53.4 Å². The molecule has 1 atom stereocenters. The number of rotatable bonds is 11. The second kappa shape index (κ2) is 10.7. The smallest absolute Gasteiger partial charge is 0.140 e. The van der Waals surface area contributed by atoms with Crippen molar-refractivity contribution < 1.29 is 19.4 Å². The first-order chi connectivity index (χ1) is 13.4. The van der Waals surface area contributed by atoms with E-state index >= 15 is 0 Å². The van der Waals surface area contributed by atoms with Gasteiger partial charge < -0.3 is 19.4 Å². The van der Waals surface area contributed by atoms with E-state index in [4.69, 9.17) is 9.47 Å². The Bertz CT molecular complexity index is 788. The molecule has 1 N–H and O–H groups in total. The van der Waals surface area contributed by atoms with Gasteiger partial charge in [-0.15, -0.1) is 0 Å². The van der Waals surface area contributed by atoms with Crippen molar-refractivity contribution in [3.05, 3.63) is 46.8 Å². The van der Waals surface area contributed by atoms with Crippen LogP contribution in [0.15, 0.2) is 24.3 Å². The zero-order valence-electron chi connectivity index (χ0n) is 17.3. The summed E-state index contributed by atoms with van der Waals surface area (Å²) in [4.78, 5) is 15.0. The third kappa shape index (κ3) is 6.25. The topological polar surface area (TPSA) is 68.7 Å². The summed E-state index contributed by atoms with van der Waals surface area (Å²) >= 11 is 0. The average Bonchev–Trinajstić information content (AvgIpc) is 2.65. The first kappa shape index (κ1) is 21.7. The maximum atomic E-state index is 10.6. The molecule has 0 saturated heterocycles. The molecule has 0 aliphatic carbocycles. The number of carbonyl (C=O) groups excluding carboxylic acids is 1. The fourth-order valence-electron chi connectivity index (χ4n) is 3.08. The van der Waals surface area contributed by atoms with Gasteiger partial charge in [0.1, 0.15) is 23.5 Å². The molecule has 1 aromatic carbocycles. The number of carbonyl (C=O) groups is 1. The van der Waals surface area contributed by atoms with Crippen LogP contribution in [0.4, 0.5) is 0 Å². The van der Waals surface area contributed by atoms with Crippen molar-refractivity contribution >= 4 is 6.29 Å². The van der Waals surface area contributed by atoms with E-state index in [2.05, 4.69) is 4.98 Å². The molecule has 0 bridgehead atoms. The van der Waals surface area contributed by atoms with Gasteiger partial charge in [0.05, 0.1) is 18.9 Å². The fourth-order valence-corrected chi connectivity index (χ4v) is 3.08. The predicted molar refractivity (Wildman–Crippen MR) is 110 cm³/mol. The zero-order chi connectivity index (χ0) is 20.5. The normalized spacial score (nSPS) is 11.9. The number of aromatic nitrogens is 1. The number of unbranched alkanes of at least 4 members (excludes halogenated alkanes) is 1. The van der Waals surface area contributed by atoms with Crippen molar-refractivity contribution in [1.82, 2.24) is 4.98 Å². The Kier molecular flexibility index (Phi) is 8.30. The van der Waals surface area contributed by atoms with Gasteiger partial charge in [-0.05, 0) is 69.7 Å². The van der Waals surface area contributed by atoms with Crippen molar-refractivity contribution in [3.63, 3.8) is 0 Å². The molecule has 0 fully saturated rings. The third-order valence-corrected chi connectivity index (χ3v) is 4.76. The summed E-state index contributed by atoms with van der Waals surface area (Å²) in [5.41, 5.74) is 3.49. The SMILES string of the molecule is Cc1ccc(OCCCCOc2ccc(CC(C)CC=O)c(O)c2C)c(C)n1. The molecule has 1 aromatic heterocycles. The minimum Gasteiger partial charge on any atom is -0.507 e. The van der Waals surface area contributed by atoms with Crippen molar-refractivity contribution in [3.8, 4) is 17.2 Å². The minimum atomic E-state index is 0.210. The van der Waals surface area contributed by atoms with Crippen LogP contribution < -0.4 is 9.47 Å². The first-order valence-corrected chi connectivity index (χ1v) is 9.87. The van der Waals surface area contributed by atoms with E-state index in [0.717, 1.165) is 47.4 Å². The number of benzene rings is 1. The number of aryl methyl sites for hydroxylation is 2. The molecule has 1 unspecified atom stereocenters. The number of phenols is 1. The Morgan fingerprint density at radius 2 is 1.68 bits per heavy atom. The number of nitrogens with zero attached hydrogens (tertiary/aromatic N) is 1. The Hall–Kier alpha value is -2.56. The van der Waals surface area contributed by atoms with E-state index in [1.807, 2.05) is 52.0 Å². The second-order valence-electron chi connectivity index (χ2n) is 7.35. The maximum Gasteiger partial charge on any atom is 0.140 e. The molecule has 152 valence electrons. The number of hydrogen-bond donors (Lipinski definition) is 1. The molecule has 1 heterocycles. The Balaban J connectivity index is 1.76. The van der Waals surface area contributed by atoms with Gasteiger partial charge >= 0.3 is 0 Å². The van der Waals surface area contributed by atoms with Gasteiger partial charge in [-0.3, -0.25) is 4.98 Å². The lowest BCUT2D eigenvalue weighted by Crippen LogP contribution is -2.05. The molecule has 2 rings (SSSR count). The zero-order valence-corrected chi connectivity index (χ0v) is 17.3. The van der Waals surface area contributed by atoms with Crippen LogP contribution in [0.3, 0.4) is 0 Å². The van der Waals surface area contributed by atoms with E-state index < -0.39 is 0 Å². The minimum absolute atomic E-state index is 0.210. The van der Waals surface area contributed by atoms with Crippen LogP contribution in [0.1, 0.15) is 48.7 Å². The Labute approximate surface area is 167 Å². The molecule has 0 saturated carbocycles. The van der Waals surface area contributed by atoms with Gasteiger partial charge in [0.15, 0.2) is 0 Å². The van der Waals surface area contributed by atoms with Crippen LogP contribution in [-0.2, 0) is 11.2 Å². The van der Waals surface area contributed by atoms with Crippen LogP contribution in [0, 0.1) is 26.7 Å². The summed E-state index contributed by atoms with van der Waals surface area (Å²) in [5, 5.41) is 10.4. The summed E-state index contributed by atoms with van der Waals surface area (Å²) in [6, 6.07) is 7.69. The summed E-state index contributed by atoms with van der Waals surface area (Å²) in [5.74, 6) is 2.00. The van der Waals surface area contributed by atoms with E-state index in [1.165, 1.54) is 0 Å². The van der Waals surface area contributed by atoms with Crippen molar-refractivity contribution in [1.29, 1.82) is 0 Å². The van der Waals surface area contributed by atoms with E-state index in [9.17, 15) is 9.90 Å². The number of phenolic OH excluding ortho intramolecular Hbond substituents is 1. The van der Waals surface area contributed by atoms with Crippen LogP contribution in [0.25, 0.3) is 0 Å². The molecule has 0 spiro atoms. The summed E-state index contributed by atoms with van der Waals surface area (Å²) < 4.78 is 11.6. The molecule has 28 heavy (non-hydrogen) atoms. The quantitative estimate of drug-likeness (QED) is 0.448. The molecule has 5 nitrogen and oxygen atoms in total. The number of ether oxygens (including phenoxy) is 2. The van der Waals surface area contributed by atoms with E-state index in [0.29, 0.717) is 31.8 Å². The van der Waals surface area contributed by atoms with E-state index in [-0.39, 0.29) is 11.7 Å². The lowest BCUT2D eigenvalue weighted by Gasteiger charge is -2.15. The van der Waals surface area contributed by atoms with Gasteiger partial charge in [-0.1, -0.05) is 13.0 Å². The highest BCUT2D eigenvalue weighted by atomic mass is 16.5. The van der Waals surface area contributed by atoms with E-state index in [1.54, 1.807) is 0 Å². The number of aromatic hydroxyl groups is 1. The molecule has 0 amide bonds. The largest absolute Gasteiger partial charge is 0.507 e. The van der Waals surface area contributed by atoms with Crippen LogP contribution >= 0.6 is 0 Å². The molecule has 2 aromatic rings. The predicted octanol–water partition coefficient (Wildman–Crippen LogP) is 4.72. The number of hydrogen-bond acceptors (Lipinski definition) is 5. The van der Waals surface area contributed by atoms with Crippen molar-refractivity contribution in [2.75, 3.05) is 13.2 Å². The number of aldehydes is 1. The highest BCUT2D eigenvalue weighted by molar-refractivity contribution is 5.51. The van der Waals surface area contributed by atoms with Crippen LogP contribution in [-0.4, -0.2) is 29.6 Å². The van der Waals surface area contributed by atoms with Gasteiger partial charge in [0.25, 0.3) is 0 Å². The summed E-state index contributed by atoms with van der Waals surface area (Å²) in [6.45, 7) is 8.96. The highest BCUT2D eigenvalue weighted by Gasteiger charge is 2.12. The van der Waals surface area contributed by atoms with Gasteiger partial charge in [-0.2, -0.15) is 0 Å². The Morgan fingerprint density at radius 1 is 1.04 bits per heavy atom. The third-order valence-electron chi connectivity index (χ3n) is 4.76. The van der Waals surface area contributed by atoms with Crippen molar-refractivity contribution in [2.24, 2.45) is 5.92 Å². The molecule has 0 radical (unpaired) electrons. The lowest BCUT2D eigenvalue weighted by atomic mass is 9.96. The second-order valence-corrected chi connectivity index (χ2v) is 7.35. The number of pyridine rings is 1. The molecular formula is C23H31NO4. The highest BCUT2D eigenvalue weighted by Crippen LogP contribution is 2.32. The van der Waals surface area contributed by atoms with Gasteiger partial charge in [0, 0.05) is 17.7 Å². The van der Waals surface area contributed by atoms with Gasteiger partial charge in [-0.25, -0.2) is 0 Å². The first-order valence-electron chi connectivity index (χ1n) is 9.87. The Morgan fingerprint density at radius 3 is 2.32 bits per heavy atom. The monoisotopic (exact) mass is 385 g/mol. The van der Waals surface area contributed by atoms with Gasteiger partial charge in [0.2, 0.25) is 0 Å². The maximum absolute atomic E-state index is 10.6. The average molecular weight is 386 g/mol.